The quantitative estimate of drug-likeness (QED) is 0.571. The summed E-state index contributed by atoms with van der Waals surface area (Å²) in [5, 5.41) is 2.77. The summed E-state index contributed by atoms with van der Waals surface area (Å²) in [6, 6.07) is 14.7. The molecule has 1 atom stereocenters. The van der Waals surface area contributed by atoms with E-state index in [0.29, 0.717) is 30.1 Å². The number of hydrogen-bond acceptors (Lipinski definition) is 5. The Kier molecular flexibility index (Phi) is 7.15. The number of carbonyl (C=O) groups excluding carboxylic acids is 4. The van der Waals surface area contributed by atoms with Gasteiger partial charge in [-0.1, -0.05) is 50.2 Å². The lowest BCUT2D eigenvalue weighted by molar-refractivity contribution is -0.161. The van der Waals surface area contributed by atoms with Crippen LogP contribution in [0.3, 0.4) is 0 Å². The lowest BCUT2D eigenvalue weighted by Crippen LogP contribution is -2.70. The van der Waals surface area contributed by atoms with Gasteiger partial charge in [-0.3, -0.25) is 19.3 Å². The smallest absolute Gasteiger partial charge is 0.354 e. The molecule has 2 aromatic carbocycles. The van der Waals surface area contributed by atoms with Gasteiger partial charge in [0.1, 0.15) is 0 Å². The Morgan fingerprint density at radius 3 is 2.39 bits per heavy atom. The first-order valence-corrected chi connectivity index (χ1v) is 12.5. The highest BCUT2D eigenvalue weighted by Gasteiger charge is 2.62. The van der Waals surface area contributed by atoms with Crippen molar-refractivity contribution < 1.29 is 23.9 Å². The van der Waals surface area contributed by atoms with Crippen molar-refractivity contribution in [1.82, 2.24) is 10.2 Å². The van der Waals surface area contributed by atoms with Crippen LogP contribution < -0.4 is 10.2 Å². The SMILES string of the molecule is CC(C)c1ccc(CCNC(=O)COC(=O)C23CCC(=O)N2c2ccccc2C(=O)N3C(C)C)cc1. The molecule has 0 aromatic heterocycles. The molecule has 2 aromatic rings. The van der Waals surface area contributed by atoms with E-state index in [1.54, 1.807) is 38.1 Å². The van der Waals surface area contributed by atoms with Crippen molar-refractivity contribution in [2.24, 2.45) is 0 Å². The second-order valence-electron chi connectivity index (χ2n) is 9.90. The summed E-state index contributed by atoms with van der Waals surface area (Å²) in [4.78, 5) is 55.1. The normalized spacial score (nSPS) is 18.9. The molecular formula is C28H33N3O5. The van der Waals surface area contributed by atoms with Crippen molar-refractivity contribution in [3.63, 3.8) is 0 Å². The molecule has 1 unspecified atom stereocenters. The molecule has 8 heteroatoms. The zero-order chi connectivity index (χ0) is 26.0. The maximum atomic E-state index is 13.5. The summed E-state index contributed by atoms with van der Waals surface area (Å²) in [5.74, 6) is -1.35. The van der Waals surface area contributed by atoms with E-state index < -0.39 is 24.1 Å². The molecule has 0 radical (unpaired) electrons. The van der Waals surface area contributed by atoms with Crippen molar-refractivity contribution in [3.05, 3.63) is 65.2 Å². The van der Waals surface area contributed by atoms with Crippen LogP contribution in [-0.4, -0.2) is 53.4 Å². The molecule has 2 aliphatic rings. The summed E-state index contributed by atoms with van der Waals surface area (Å²) in [5.41, 5.74) is 1.51. The van der Waals surface area contributed by atoms with Gasteiger partial charge < -0.3 is 15.0 Å². The predicted molar refractivity (Wildman–Crippen MR) is 135 cm³/mol. The molecule has 2 aliphatic heterocycles. The number of amides is 3. The van der Waals surface area contributed by atoms with Gasteiger partial charge in [-0.2, -0.15) is 0 Å². The first-order chi connectivity index (χ1) is 17.2. The topological polar surface area (TPSA) is 96.0 Å². The second-order valence-corrected chi connectivity index (χ2v) is 9.90. The summed E-state index contributed by atoms with van der Waals surface area (Å²) >= 11 is 0. The molecule has 190 valence electrons. The van der Waals surface area contributed by atoms with E-state index in [1.807, 2.05) is 12.1 Å². The van der Waals surface area contributed by atoms with Crippen LogP contribution in [0.15, 0.2) is 48.5 Å². The molecule has 0 aliphatic carbocycles. The number of nitrogens with one attached hydrogen (secondary N) is 1. The molecule has 4 rings (SSSR count). The molecule has 8 nitrogen and oxygen atoms in total. The van der Waals surface area contributed by atoms with E-state index in [2.05, 4.69) is 31.3 Å². The number of fused-ring (bicyclic) bond motifs is 3. The Balaban J connectivity index is 1.43. The summed E-state index contributed by atoms with van der Waals surface area (Å²) in [7, 11) is 0. The number of rotatable bonds is 8. The molecule has 3 amide bonds. The molecule has 2 heterocycles. The Morgan fingerprint density at radius 2 is 1.72 bits per heavy atom. The average Bonchev–Trinajstić information content (AvgIpc) is 3.20. The highest BCUT2D eigenvalue weighted by Crippen LogP contribution is 2.45. The first kappa shape index (κ1) is 25.4. The number of carbonyl (C=O) groups is 4. The summed E-state index contributed by atoms with van der Waals surface area (Å²) in [6.45, 7) is 7.77. The highest BCUT2D eigenvalue weighted by atomic mass is 16.5. The van der Waals surface area contributed by atoms with Crippen molar-refractivity contribution >= 4 is 29.4 Å². The molecular weight excluding hydrogens is 458 g/mol. The fourth-order valence-electron chi connectivity index (χ4n) is 5.09. The van der Waals surface area contributed by atoms with Crippen LogP contribution in [0.1, 0.15) is 67.9 Å². The van der Waals surface area contributed by atoms with Crippen molar-refractivity contribution in [2.45, 2.75) is 64.6 Å². The minimum absolute atomic E-state index is 0.0989. The molecule has 0 spiro atoms. The van der Waals surface area contributed by atoms with Crippen LogP contribution in [0, 0.1) is 0 Å². The van der Waals surface area contributed by atoms with E-state index >= 15 is 0 Å². The molecule has 1 N–H and O–H groups in total. The maximum absolute atomic E-state index is 13.5. The van der Waals surface area contributed by atoms with Crippen LogP contribution in [-0.2, 0) is 25.5 Å². The third kappa shape index (κ3) is 4.47. The van der Waals surface area contributed by atoms with Crippen molar-refractivity contribution in [3.8, 4) is 0 Å². The number of benzene rings is 2. The van der Waals surface area contributed by atoms with Crippen LogP contribution in [0.2, 0.25) is 0 Å². The third-order valence-corrected chi connectivity index (χ3v) is 6.86. The number of esters is 1. The van der Waals surface area contributed by atoms with Gasteiger partial charge in [-0.25, -0.2) is 4.79 Å². The Morgan fingerprint density at radius 1 is 1.03 bits per heavy atom. The van der Waals surface area contributed by atoms with Crippen molar-refractivity contribution in [2.75, 3.05) is 18.1 Å². The number of nitrogens with zero attached hydrogens (tertiary/aromatic N) is 2. The maximum Gasteiger partial charge on any atom is 0.354 e. The van der Waals surface area contributed by atoms with Gasteiger partial charge in [0, 0.05) is 25.4 Å². The number of para-hydroxylation sites is 1. The molecule has 0 saturated carbocycles. The van der Waals surface area contributed by atoms with Gasteiger partial charge in [0.2, 0.25) is 11.6 Å². The minimum Gasteiger partial charge on any atom is -0.452 e. The molecule has 1 saturated heterocycles. The average molecular weight is 492 g/mol. The number of hydrogen-bond donors (Lipinski definition) is 1. The molecule has 0 bridgehead atoms. The fourth-order valence-corrected chi connectivity index (χ4v) is 5.09. The second kappa shape index (κ2) is 10.1. The Labute approximate surface area is 211 Å². The minimum atomic E-state index is -1.60. The fraction of sp³-hybridized carbons (Fsp3) is 0.429. The van der Waals surface area contributed by atoms with Crippen LogP contribution in [0.4, 0.5) is 5.69 Å². The standard InChI is InChI=1S/C28H33N3O5/c1-18(2)21-11-9-20(10-12-21)14-16-29-24(32)17-36-27(35)28-15-13-25(33)31(28)23-8-6-5-7-22(23)26(34)30(28)19(3)4/h5-12,18-19H,13-17H2,1-4H3,(H,29,32). The zero-order valence-corrected chi connectivity index (χ0v) is 21.2. The highest BCUT2D eigenvalue weighted by molar-refractivity contribution is 6.15. The first-order valence-electron chi connectivity index (χ1n) is 12.5. The lowest BCUT2D eigenvalue weighted by Gasteiger charge is -2.50. The van der Waals surface area contributed by atoms with Crippen molar-refractivity contribution in [1.29, 1.82) is 0 Å². The Hall–Kier alpha value is -3.68. The lowest BCUT2D eigenvalue weighted by atomic mass is 9.95. The summed E-state index contributed by atoms with van der Waals surface area (Å²) in [6.07, 6.45) is 0.856. The van der Waals surface area contributed by atoms with Gasteiger partial charge in [0.25, 0.3) is 11.8 Å². The van der Waals surface area contributed by atoms with Gasteiger partial charge >= 0.3 is 5.97 Å². The largest absolute Gasteiger partial charge is 0.452 e. The van der Waals surface area contributed by atoms with Gasteiger partial charge in [0.15, 0.2) is 6.61 Å². The molecule has 36 heavy (non-hydrogen) atoms. The van der Waals surface area contributed by atoms with E-state index in [4.69, 9.17) is 4.74 Å². The van der Waals surface area contributed by atoms with Crippen LogP contribution in [0.25, 0.3) is 0 Å². The Bertz CT molecular complexity index is 1170. The van der Waals surface area contributed by atoms with Gasteiger partial charge in [-0.05, 0) is 49.4 Å². The van der Waals surface area contributed by atoms with E-state index in [0.717, 1.165) is 5.56 Å². The van der Waals surface area contributed by atoms with E-state index in [1.165, 1.54) is 15.4 Å². The van der Waals surface area contributed by atoms with Crippen LogP contribution in [0.5, 0.6) is 0 Å². The number of ether oxygens (including phenoxy) is 1. The summed E-state index contributed by atoms with van der Waals surface area (Å²) < 4.78 is 5.45. The number of anilines is 1. The predicted octanol–water partition coefficient (Wildman–Crippen LogP) is 3.40. The van der Waals surface area contributed by atoms with Crippen LogP contribution >= 0.6 is 0 Å². The monoisotopic (exact) mass is 491 g/mol. The zero-order valence-electron chi connectivity index (χ0n) is 21.2. The van der Waals surface area contributed by atoms with Gasteiger partial charge in [-0.15, -0.1) is 0 Å². The third-order valence-electron chi connectivity index (χ3n) is 6.86. The van der Waals surface area contributed by atoms with E-state index in [9.17, 15) is 19.2 Å². The molecule has 1 fully saturated rings. The van der Waals surface area contributed by atoms with Gasteiger partial charge in [0.05, 0.1) is 11.3 Å². The van der Waals surface area contributed by atoms with E-state index in [-0.39, 0.29) is 30.7 Å².